The molecule has 0 radical (unpaired) electrons. The van der Waals surface area contributed by atoms with E-state index in [0.717, 1.165) is 0 Å². The Morgan fingerprint density at radius 1 is 1.71 bits per heavy atom. The normalized spacial score (nSPS) is 12.4. The molecule has 0 aromatic rings. The van der Waals surface area contributed by atoms with E-state index in [-0.39, 0.29) is 24.9 Å². The van der Waals surface area contributed by atoms with Gasteiger partial charge in [-0.2, -0.15) is 0 Å². The summed E-state index contributed by atoms with van der Waals surface area (Å²) in [6, 6.07) is 0. The predicted octanol–water partition coefficient (Wildman–Crippen LogP) is -0.00470. The summed E-state index contributed by atoms with van der Waals surface area (Å²) in [5.74, 6) is 0.269. The molecular formula is C4H12ClNO. The van der Waals surface area contributed by atoms with E-state index in [0.29, 0.717) is 6.54 Å². The lowest BCUT2D eigenvalue weighted by Gasteiger charge is -1.98. The Bertz CT molecular complexity index is 30.9. The number of halogens is 1. The van der Waals surface area contributed by atoms with Crippen LogP contribution in [0, 0.1) is 5.92 Å². The molecule has 0 aliphatic heterocycles. The van der Waals surface area contributed by atoms with Crippen LogP contribution in [-0.2, 0) is 0 Å². The van der Waals surface area contributed by atoms with E-state index in [1.165, 1.54) is 0 Å². The Balaban J connectivity index is 0. The summed E-state index contributed by atoms with van der Waals surface area (Å²) in [4.78, 5) is 0. The van der Waals surface area contributed by atoms with Crippen LogP contribution >= 0.6 is 12.4 Å². The van der Waals surface area contributed by atoms with Gasteiger partial charge in [0.25, 0.3) is 0 Å². The number of hydrogen-bond acceptors (Lipinski definition) is 2. The second-order valence-corrected chi connectivity index (χ2v) is 1.52. The van der Waals surface area contributed by atoms with Crippen molar-refractivity contribution in [1.82, 2.24) is 0 Å². The van der Waals surface area contributed by atoms with Gasteiger partial charge in [-0.1, -0.05) is 6.92 Å². The molecule has 0 saturated heterocycles. The van der Waals surface area contributed by atoms with Crippen LogP contribution in [0.3, 0.4) is 0 Å². The fourth-order valence-corrected chi connectivity index (χ4v) is 0.0745. The number of aliphatic hydroxyl groups is 1. The molecule has 0 bridgehead atoms. The van der Waals surface area contributed by atoms with Gasteiger partial charge in [0.1, 0.15) is 0 Å². The molecule has 0 spiro atoms. The Kier molecular flexibility index (Phi) is 9.09. The molecule has 0 heterocycles. The first-order valence-corrected chi connectivity index (χ1v) is 2.12. The molecule has 46 valence electrons. The van der Waals surface area contributed by atoms with Crippen LogP contribution in [0.4, 0.5) is 0 Å². The van der Waals surface area contributed by atoms with Gasteiger partial charge in [-0.25, -0.2) is 0 Å². The molecule has 0 aromatic heterocycles. The Labute approximate surface area is 50.1 Å². The SMILES string of the molecule is C[C@@H](CN)CO.Cl. The zero-order chi connectivity index (χ0) is 4.99. The van der Waals surface area contributed by atoms with Gasteiger partial charge in [0, 0.05) is 6.61 Å². The number of hydrogen-bond donors (Lipinski definition) is 2. The highest BCUT2D eigenvalue weighted by Crippen LogP contribution is 1.83. The molecule has 3 N–H and O–H groups in total. The average molecular weight is 126 g/mol. The summed E-state index contributed by atoms with van der Waals surface area (Å²) in [5, 5.41) is 8.25. The molecule has 2 nitrogen and oxygen atoms in total. The van der Waals surface area contributed by atoms with Crippen LogP contribution in [0.2, 0.25) is 0 Å². The topological polar surface area (TPSA) is 46.2 Å². The number of nitrogens with two attached hydrogens (primary N) is 1. The van der Waals surface area contributed by atoms with Gasteiger partial charge in [-0.05, 0) is 12.5 Å². The van der Waals surface area contributed by atoms with Crippen molar-refractivity contribution in [2.45, 2.75) is 6.92 Å². The highest BCUT2D eigenvalue weighted by molar-refractivity contribution is 5.85. The lowest BCUT2D eigenvalue weighted by molar-refractivity contribution is 0.241. The van der Waals surface area contributed by atoms with Crippen LogP contribution in [0.1, 0.15) is 6.92 Å². The summed E-state index contributed by atoms with van der Waals surface area (Å²) in [6.07, 6.45) is 0. The molecular weight excluding hydrogens is 114 g/mol. The quantitative estimate of drug-likeness (QED) is 0.546. The summed E-state index contributed by atoms with van der Waals surface area (Å²) in [5.41, 5.74) is 5.12. The van der Waals surface area contributed by atoms with Crippen LogP contribution in [0.5, 0.6) is 0 Å². The van der Waals surface area contributed by atoms with Gasteiger partial charge in [-0.15, -0.1) is 12.4 Å². The zero-order valence-electron chi connectivity index (χ0n) is 4.42. The monoisotopic (exact) mass is 125 g/mol. The van der Waals surface area contributed by atoms with Gasteiger partial charge in [-0.3, -0.25) is 0 Å². The Morgan fingerprint density at radius 3 is 2.14 bits per heavy atom. The third-order valence-corrected chi connectivity index (χ3v) is 0.714. The first-order chi connectivity index (χ1) is 2.81. The first-order valence-electron chi connectivity index (χ1n) is 2.12. The molecule has 0 unspecified atom stereocenters. The minimum Gasteiger partial charge on any atom is -0.396 e. The van der Waals surface area contributed by atoms with Gasteiger partial charge in [0.15, 0.2) is 0 Å². The third-order valence-electron chi connectivity index (χ3n) is 0.714. The maximum absolute atomic E-state index is 8.25. The molecule has 0 aromatic carbocycles. The predicted molar refractivity (Wildman–Crippen MR) is 32.6 cm³/mol. The van der Waals surface area contributed by atoms with Crippen molar-refractivity contribution in [3.05, 3.63) is 0 Å². The van der Waals surface area contributed by atoms with Gasteiger partial charge in [0.05, 0.1) is 0 Å². The molecule has 0 rings (SSSR count). The Hall–Kier alpha value is 0.210. The van der Waals surface area contributed by atoms with Crippen molar-refractivity contribution < 1.29 is 5.11 Å². The number of rotatable bonds is 2. The molecule has 3 heteroatoms. The third kappa shape index (κ3) is 6.21. The van der Waals surface area contributed by atoms with Crippen molar-refractivity contribution in [3.8, 4) is 0 Å². The fraction of sp³-hybridized carbons (Fsp3) is 1.00. The van der Waals surface area contributed by atoms with E-state index in [1.807, 2.05) is 6.92 Å². The molecule has 0 fully saturated rings. The highest BCUT2D eigenvalue weighted by Gasteiger charge is 1.90. The van der Waals surface area contributed by atoms with E-state index >= 15 is 0 Å². The lowest BCUT2D eigenvalue weighted by Crippen LogP contribution is -2.13. The largest absolute Gasteiger partial charge is 0.396 e. The Morgan fingerprint density at radius 2 is 2.14 bits per heavy atom. The zero-order valence-corrected chi connectivity index (χ0v) is 5.24. The van der Waals surface area contributed by atoms with E-state index < -0.39 is 0 Å². The van der Waals surface area contributed by atoms with Gasteiger partial charge in [0.2, 0.25) is 0 Å². The summed E-state index contributed by atoms with van der Waals surface area (Å²) in [7, 11) is 0. The molecule has 0 amide bonds. The van der Waals surface area contributed by atoms with Crippen molar-refractivity contribution in [1.29, 1.82) is 0 Å². The molecule has 1 atom stereocenters. The van der Waals surface area contributed by atoms with Crippen molar-refractivity contribution in [2.24, 2.45) is 11.7 Å². The minimum absolute atomic E-state index is 0. The van der Waals surface area contributed by atoms with E-state index in [9.17, 15) is 0 Å². The summed E-state index contributed by atoms with van der Waals surface area (Å²) < 4.78 is 0. The maximum atomic E-state index is 8.25. The first kappa shape index (κ1) is 10.2. The van der Waals surface area contributed by atoms with Crippen molar-refractivity contribution in [3.63, 3.8) is 0 Å². The fourth-order valence-electron chi connectivity index (χ4n) is 0.0745. The van der Waals surface area contributed by atoms with Crippen LogP contribution < -0.4 is 5.73 Å². The summed E-state index contributed by atoms with van der Waals surface area (Å²) >= 11 is 0. The molecule has 0 saturated carbocycles. The van der Waals surface area contributed by atoms with Crippen LogP contribution in [0.15, 0.2) is 0 Å². The smallest absolute Gasteiger partial charge is 0.0468 e. The second-order valence-electron chi connectivity index (χ2n) is 1.52. The van der Waals surface area contributed by atoms with Gasteiger partial charge < -0.3 is 10.8 Å². The van der Waals surface area contributed by atoms with E-state index in [2.05, 4.69) is 0 Å². The van der Waals surface area contributed by atoms with E-state index in [1.54, 1.807) is 0 Å². The number of aliphatic hydroxyl groups excluding tert-OH is 1. The lowest BCUT2D eigenvalue weighted by atomic mass is 10.2. The van der Waals surface area contributed by atoms with Crippen molar-refractivity contribution in [2.75, 3.05) is 13.2 Å². The standard InChI is InChI=1S/C4H11NO.ClH/c1-4(2-5)3-6;/h4,6H,2-3,5H2,1H3;1H/t4-;/m0./s1. The second kappa shape index (κ2) is 6.21. The maximum Gasteiger partial charge on any atom is 0.0468 e. The molecule has 0 aliphatic rings. The van der Waals surface area contributed by atoms with Crippen LogP contribution in [0.25, 0.3) is 0 Å². The van der Waals surface area contributed by atoms with Gasteiger partial charge >= 0.3 is 0 Å². The summed E-state index contributed by atoms with van der Waals surface area (Å²) in [6.45, 7) is 2.69. The highest BCUT2D eigenvalue weighted by atomic mass is 35.5. The molecule has 0 aliphatic carbocycles. The average Bonchev–Trinajstić information content (AvgIpc) is 1.65. The minimum atomic E-state index is 0. The van der Waals surface area contributed by atoms with Crippen molar-refractivity contribution >= 4 is 12.4 Å². The molecule has 7 heavy (non-hydrogen) atoms. The van der Waals surface area contributed by atoms with E-state index in [4.69, 9.17) is 10.8 Å². The van der Waals surface area contributed by atoms with Crippen LogP contribution in [-0.4, -0.2) is 18.3 Å².